The number of methoxy groups -OCH3 is 1. The van der Waals surface area contributed by atoms with Gasteiger partial charge in [-0.3, -0.25) is 4.79 Å². The Hall–Kier alpha value is -5.29. The van der Waals surface area contributed by atoms with Crippen LogP contribution >= 0.6 is 0 Å². The fourth-order valence-electron chi connectivity index (χ4n) is 3.77. The molecule has 0 aromatic heterocycles. The standard InChI is InChI=1S/C30H25N3O5/c1-37-27-17-22(12-15-26(27)38-19-21-6-3-2-4-7-21)28(32-24-13-10-20(18-31)11-14-24)29(34)33-25-9-5-8-23(16-25)30(35)36/h2-17,28,32H,19H2,1H3,(H,33,34)(H,35,36). The zero-order valence-corrected chi connectivity index (χ0v) is 20.5. The molecule has 8 nitrogen and oxygen atoms in total. The number of amides is 1. The zero-order valence-electron chi connectivity index (χ0n) is 20.5. The van der Waals surface area contributed by atoms with Gasteiger partial charge in [0, 0.05) is 11.4 Å². The molecule has 1 amide bonds. The van der Waals surface area contributed by atoms with Crippen molar-refractivity contribution in [2.24, 2.45) is 0 Å². The van der Waals surface area contributed by atoms with E-state index in [4.69, 9.17) is 14.7 Å². The molecule has 4 aromatic rings. The fraction of sp³-hybridized carbons (Fsp3) is 0.100. The van der Waals surface area contributed by atoms with Gasteiger partial charge in [-0.25, -0.2) is 4.79 Å². The Balaban J connectivity index is 1.62. The summed E-state index contributed by atoms with van der Waals surface area (Å²) in [4.78, 5) is 24.8. The zero-order chi connectivity index (χ0) is 26.9. The molecule has 0 aliphatic carbocycles. The van der Waals surface area contributed by atoms with E-state index in [0.717, 1.165) is 5.56 Å². The Bertz CT molecular complexity index is 1460. The van der Waals surface area contributed by atoms with E-state index in [9.17, 15) is 14.7 Å². The van der Waals surface area contributed by atoms with E-state index < -0.39 is 17.9 Å². The van der Waals surface area contributed by atoms with E-state index in [-0.39, 0.29) is 5.56 Å². The molecule has 4 rings (SSSR count). The highest BCUT2D eigenvalue weighted by Gasteiger charge is 2.23. The minimum atomic E-state index is -1.09. The summed E-state index contributed by atoms with van der Waals surface area (Å²) in [5, 5.41) is 24.4. The molecule has 1 unspecified atom stereocenters. The molecule has 4 aromatic carbocycles. The van der Waals surface area contributed by atoms with Gasteiger partial charge in [0.15, 0.2) is 11.5 Å². The molecule has 0 saturated heterocycles. The number of aromatic carboxylic acids is 1. The van der Waals surface area contributed by atoms with Gasteiger partial charge in [0.2, 0.25) is 0 Å². The topological polar surface area (TPSA) is 121 Å². The number of nitriles is 1. The van der Waals surface area contributed by atoms with Crippen molar-refractivity contribution in [3.8, 4) is 17.6 Å². The maximum absolute atomic E-state index is 13.5. The number of rotatable bonds is 10. The van der Waals surface area contributed by atoms with Crippen LogP contribution in [0.15, 0.2) is 97.1 Å². The normalized spacial score (nSPS) is 11.1. The van der Waals surface area contributed by atoms with Gasteiger partial charge in [-0.05, 0) is 65.7 Å². The van der Waals surface area contributed by atoms with E-state index in [2.05, 4.69) is 16.7 Å². The van der Waals surface area contributed by atoms with Crippen LogP contribution in [0.3, 0.4) is 0 Å². The summed E-state index contributed by atoms with van der Waals surface area (Å²) in [6, 6.07) is 28.8. The highest BCUT2D eigenvalue weighted by Crippen LogP contribution is 2.33. The van der Waals surface area contributed by atoms with Gasteiger partial charge in [-0.1, -0.05) is 42.5 Å². The molecule has 0 heterocycles. The lowest BCUT2D eigenvalue weighted by molar-refractivity contribution is -0.117. The Labute approximate surface area is 220 Å². The first-order valence-electron chi connectivity index (χ1n) is 11.7. The SMILES string of the molecule is COc1cc(C(Nc2ccc(C#N)cc2)C(=O)Nc2cccc(C(=O)O)c2)ccc1OCc1ccccc1. The summed E-state index contributed by atoms with van der Waals surface area (Å²) in [5.41, 5.74) is 3.10. The average Bonchev–Trinajstić information content (AvgIpc) is 2.95. The smallest absolute Gasteiger partial charge is 0.335 e. The molecule has 0 spiro atoms. The van der Waals surface area contributed by atoms with E-state index in [1.807, 2.05) is 30.3 Å². The number of ether oxygens (including phenoxy) is 2. The molecule has 0 fully saturated rings. The summed E-state index contributed by atoms with van der Waals surface area (Å²) in [6.07, 6.45) is 0. The number of anilines is 2. The summed E-state index contributed by atoms with van der Waals surface area (Å²) < 4.78 is 11.5. The largest absolute Gasteiger partial charge is 0.493 e. The summed E-state index contributed by atoms with van der Waals surface area (Å²) in [7, 11) is 1.52. The number of carboxylic acids is 1. The molecule has 190 valence electrons. The second-order valence-corrected chi connectivity index (χ2v) is 8.33. The molecule has 1 atom stereocenters. The average molecular weight is 508 g/mol. The molecule has 0 saturated carbocycles. The molecule has 3 N–H and O–H groups in total. The van der Waals surface area contributed by atoms with E-state index in [1.165, 1.54) is 19.2 Å². The van der Waals surface area contributed by atoms with Crippen LogP contribution in [0.5, 0.6) is 11.5 Å². The van der Waals surface area contributed by atoms with Crippen molar-refractivity contribution in [3.05, 3.63) is 119 Å². The van der Waals surface area contributed by atoms with E-state index >= 15 is 0 Å². The first kappa shape index (κ1) is 25.8. The van der Waals surface area contributed by atoms with Crippen LogP contribution in [0.2, 0.25) is 0 Å². The Morgan fingerprint density at radius 3 is 2.34 bits per heavy atom. The Morgan fingerprint density at radius 2 is 1.66 bits per heavy atom. The third-order valence-corrected chi connectivity index (χ3v) is 5.72. The Kier molecular flexibility index (Phi) is 8.21. The number of nitrogens with zero attached hydrogens (tertiary/aromatic N) is 1. The molecule has 0 aliphatic heterocycles. The van der Waals surface area contributed by atoms with Crippen LogP contribution in [-0.2, 0) is 11.4 Å². The van der Waals surface area contributed by atoms with Crippen molar-refractivity contribution in [2.45, 2.75) is 12.6 Å². The summed E-state index contributed by atoms with van der Waals surface area (Å²) in [6.45, 7) is 0.351. The Morgan fingerprint density at radius 1 is 0.895 bits per heavy atom. The van der Waals surface area contributed by atoms with Gasteiger partial charge in [-0.15, -0.1) is 0 Å². The predicted molar refractivity (Wildman–Crippen MR) is 143 cm³/mol. The second-order valence-electron chi connectivity index (χ2n) is 8.33. The number of carbonyl (C=O) groups excluding carboxylic acids is 1. The van der Waals surface area contributed by atoms with Gasteiger partial charge in [0.1, 0.15) is 12.6 Å². The second kappa shape index (κ2) is 12.1. The van der Waals surface area contributed by atoms with Crippen LogP contribution in [0, 0.1) is 11.3 Å². The quantitative estimate of drug-likeness (QED) is 0.254. The lowest BCUT2D eigenvalue weighted by Gasteiger charge is -2.21. The van der Waals surface area contributed by atoms with Crippen LogP contribution in [0.25, 0.3) is 0 Å². The molecule has 0 aliphatic rings. The van der Waals surface area contributed by atoms with Gasteiger partial charge >= 0.3 is 5.97 Å². The number of carboxylic acid groups (broad SMARTS) is 1. The van der Waals surface area contributed by atoms with Crippen molar-refractivity contribution < 1.29 is 24.2 Å². The summed E-state index contributed by atoms with van der Waals surface area (Å²) >= 11 is 0. The van der Waals surface area contributed by atoms with Crippen LogP contribution in [0.1, 0.15) is 33.1 Å². The maximum atomic E-state index is 13.5. The highest BCUT2D eigenvalue weighted by atomic mass is 16.5. The molecular formula is C30H25N3O5. The van der Waals surface area contributed by atoms with E-state index in [0.29, 0.717) is 40.6 Å². The lowest BCUT2D eigenvalue weighted by atomic mass is 10.0. The van der Waals surface area contributed by atoms with Gasteiger partial charge in [0.25, 0.3) is 5.91 Å². The van der Waals surface area contributed by atoms with Crippen LogP contribution < -0.4 is 20.1 Å². The minimum absolute atomic E-state index is 0.0565. The van der Waals surface area contributed by atoms with Crippen molar-refractivity contribution in [1.29, 1.82) is 5.26 Å². The van der Waals surface area contributed by atoms with Crippen molar-refractivity contribution >= 4 is 23.3 Å². The third kappa shape index (κ3) is 6.47. The maximum Gasteiger partial charge on any atom is 0.335 e. The van der Waals surface area contributed by atoms with Gasteiger partial charge in [-0.2, -0.15) is 5.26 Å². The lowest BCUT2D eigenvalue weighted by Crippen LogP contribution is -2.27. The van der Waals surface area contributed by atoms with Gasteiger partial charge in [0.05, 0.1) is 24.3 Å². The molecule has 0 radical (unpaired) electrons. The summed E-state index contributed by atoms with van der Waals surface area (Å²) in [5.74, 6) is -0.543. The molecular weight excluding hydrogens is 482 g/mol. The number of carbonyl (C=O) groups is 2. The first-order valence-corrected chi connectivity index (χ1v) is 11.7. The number of hydrogen-bond donors (Lipinski definition) is 3. The van der Waals surface area contributed by atoms with Crippen molar-refractivity contribution in [1.82, 2.24) is 0 Å². The van der Waals surface area contributed by atoms with Crippen molar-refractivity contribution in [2.75, 3.05) is 17.7 Å². The number of hydrogen-bond acceptors (Lipinski definition) is 6. The molecule has 0 bridgehead atoms. The van der Waals surface area contributed by atoms with Crippen LogP contribution in [-0.4, -0.2) is 24.1 Å². The number of nitrogens with one attached hydrogen (secondary N) is 2. The van der Waals surface area contributed by atoms with Crippen LogP contribution in [0.4, 0.5) is 11.4 Å². The predicted octanol–water partition coefficient (Wildman–Crippen LogP) is 5.64. The number of benzene rings is 4. The monoisotopic (exact) mass is 507 g/mol. The van der Waals surface area contributed by atoms with Crippen molar-refractivity contribution in [3.63, 3.8) is 0 Å². The molecule has 38 heavy (non-hydrogen) atoms. The highest BCUT2D eigenvalue weighted by molar-refractivity contribution is 5.98. The van der Waals surface area contributed by atoms with E-state index in [1.54, 1.807) is 54.6 Å². The third-order valence-electron chi connectivity index (χ3n) is 5.72. The first-order chi connectivity index (χ1) is 18.5. The van der Waals surface area contributed by atoms with Gasteiger partial charge < -0.3 is 25.2 Å². The molecule has 8 heteroatoms. The minimum Gasteiger partial charge on any atom is -0.493 e. The fourth-order valence-corrected chi connectivity index (χ4v) is 3.77.